The number of hydrogen-bond donors (Lipinski definition) is 1. The van der Waals surface area contributed by atoms with Crippen molar-refractivity contribution in [2.24, 2.45) is 0 Å². The third kappa shape index (κ3) is 19.7. The van der Waals surface area contributed by atoms with E-state index in [1.54, 1.807) is 0 Å². The zero-order valence-electron chi connectivity index (χ0n) is 20.7. The Morgan fingerprint density at radius 3 is 1.94 bits per heavy atom. The molecule has 0 heterocycles. The molecule has 0 radical (unpaired) electrons. The SMILES string of the molecule is CCCCCCC(=O)OC[C@@H](COP(=O)(O)OCC[N+](C)(C)C)OC(=O)CCCCCC. The van der Waals surface area contributed by atoms with Gasteiger partial charge in [0.2, 0.25) is 0 Å². The maximum atomic E-state index is 12.1. The van der Waals surface area contributed by atoms with Gasteiger partial charge in [0.1, 0.15) is 19.8 Å². The van der Waals surface area contributed by atoms with Crippen molar-refractivity contribution in [1.29, 1.82) is 0 Å². The summed E-state index contributed by atoms with van der Waals surface area (Å²) in [4.78, 5) is 34.0. The summed E-state index contributed by atoms with van der Waals surface area (Å²) in [5.74, 6) is -0.844. The maximum Gasteiger partial charge on any atom is 0.472 e. The fourth-order valence-corrected chi connectivity index (χ4v) is 3.40. The van der Waals surface area contributed by atoms with E-state index in [2.05, 4.69) is 13.8 Å². The minimum atomic E-state index is -4.32. The van der Waals surface area contributed by atoms with E-state index in [1.807, 2.05) is 21.1 Å². The van der Waals surface area contributed by atoms with Gasteiger partial charge in [0.05, 0.1) is 27.7 Å². The number of carbonyl (C=O) groups is 2. The number of esters is 2. The van der Waals surface area contributed by atoms with Gasteiger partial charge in [0.15, 0.2) is 6.10 Å². The number of ether oxygens (including phenoxy) is 2. The van der Waals surface area contributed by atoms with Crippen LogP contribution in [0.3, 0.4) is 0 Å². The van der Waals surface area contributed by atoms with E-state index >= 15 is 0 Å². The number of likely N-dealkylation sites (N-methyl/N-ethyl adjacent to an activating group) is 1. The first-order chi connectivity index (χ1) is 15.0. The lowest BCUT2D eigenvalue weighted by Crippen LogP contribution is -2.37. The van der Waals surface area contributed by atoms with E-state index in [9.17, 15) is 19.0 Å². The predicted octanol–water partition coefficient (Wildman–Crippen LogP) is 4.22. The van der Waals surface area contributed by atoms with Gasteiger partial charge in [-0.05, 0) is 12.8 Å². The van der Waals surface area contributed by atoms with Crippen LogP contribution in [-0.4, -0.2) is 74.9 Å². The first-order valence-corrected chi connectivity index (χ1v) is 13.3. The molecule has 0 aromatic carbocycles. The van der Waals surface area contributed by atoms with Gasteiger partial charge in [0.25, 0.3) is 0 Å². The number of unbranched alkanes of at least 4 members (excludes halogenated alkanes) is 6. The van der Waals surface area contributed by atoms with Gasteiger partial charge in [-0.25, -0.2) is 4.57 Å². The minimum Gasteiger partial charge on any atom is -0.462 e. The van der Waals surface area contributed by atoms with Crippen molar-refractivity contribution in [2.45, 2.75) is 84.2 Å². The van der Waals surface area contributed by atoms with E-state index in [0.717, 1.165) is 44.9 Å². The Hall–Kier alpha value is -0.990. The van der Waals surface area contributed by atoms with Gasteiger partial charge >= 0.3 is 19.8 Å². The number of phosphoric acid groups is 1. The normalized spacial score (nSPS) is 14.6. The molecular formula is C22H45NO8P+. The highest BCUT2D eigenvalue weighted by Crippen LogP contribution is 2.43. The van der Waals surface area contributed by atoms with Crippen LogP contribution in [0.1, 0.15) is 78.1 Å². The fraction of sp³-hybridized carbons (Fsp3) is 0.909. The summed E-state index contributed by atoms with van der Waals surface area (Å²) in [5.41, 5.74) is 0. The number of hydrogen-bond acceptors (Lipinski definition) is 7. The summed E-state index contributed by atoms with van der Waals surface area (Å²) < 4.78 is 33.2. The summed E-state index contributed by atoms with van der Waals surface area (Å²) in [7, 11) is 1.47. The van der Waals surface area contributed by atoms with Crippen molar-refractivity contribution in [3.05, 3.63) is 0 Å². The van der Waals surface area contributed by atoms with Crippen molar-refractivity contribution in [2.75, 3.05) is 47.5 Å². The largest absolute Gasteiger partial charge is 0.472 e. The number of nitrogens with zero attached hydrogens (tertiary/aromatic N) is 1. The van der Waals surface area contributed by atoms with Gasteiger partial charge in [-0.3, -0.25) is 18.6 Å². The molecule has 0 amide bonds. The molecule has 0 saturated heterocycles. The molecule has 0 aromatic heterocycles. The smallest absolute Gasteiger partial charge is 0.462 e. The predicted molar refractivity (Wildman–Crippen MR) is 123 cm³/mol. The van der Waals surface area contributed by atoms with Gasteiger partial charge in [-0.15, -0.1) is 0 Å². The molecule has 0 spiro atoms. The molecule has 0 saturated carbocycles. The second kappa shape index (κ2) is 17.5. The Morgan fingerprint density at radius 1 is 0.844 bits per heavy atom. The van der Waals surface area contributed by atoms with E-state index in [-0.39, 0.29) is 26.1 Å². The van der Waals surface area contributed by atoms with E-state index in [0.29, 0.717) is 17.4 Å². The van der Waals surface area contributed by atoms with Crippen molar-refractivity contribution < 1.29 is 42.1 Å². The molecule has 0 aliphatic carbocycles. The molecular weight excluding hydrogens is 437 g/mol. The van der Waals surface area contributed by atoms with Crippen LogP contribution in [0, 0.1) is 0 Å². The average molecular weight is 483 g/mol. The Bertz CT molecular complexity index is 565. The first kappa shape index (κ1) is 31.0. The van der Waals surface area contributed by atoms with E-state index in [4.69, 9.17) is 18.5 Å². The van der Waals surface area contributed by atoms with E-state index < -0.39 is 32.5 Å². The Labute approximate surface area is 193 Å². The summed E-state index contributed by atoms with van der Waals surface area (Å²) in [6, 6.07) is 0. The standard InChI is InChI=1S/C22H44NO8P/c1-6-8-10-12-14-21(24)28-18-20(31-22(25)15-13-11-9-7-2)19-30-32(26,27)29-17-16-23(3,4)5/h20H,6-19H2,1-5H3/p+1/t20-/m0/s1. The maximum absolute atomic E-state index is 12.1. The van der Waals surface area contributed by atoms with Crippen molar-refractivity contribution in [3.8, 4) is 0 Å². The highest BCUT2D eigenvalue weighted by atomic mass is 31.2. The molecule has 0 bridgehead atoms. The summed E-state index contributed by atoms with van der Waals surface area (Å²) in [5, 5.41) is 0. The van der Waals surface area contributed by atoms with Crippen LogP contribution in [0.5, 0.6) is 0 Å². The molecule has 0 rings (SSSR count). The zero-order valence-corrected chi connectivity index (χ0v) is 21.6. The number of carbonyl (C=O) groups excluding carboxylic acids is 2. The minimum absolute atomic E-state index is 0.0336. The van der Waals surface area contributed by atoms with Gasteiger partial charge in [-0.2, -0.15) is 0 Å². The molecule has 0 aliphatic rings. The molecule has 9 nitrogen and oxygen atoms in total. The Kier molecular flexibility index (Phi) is 16.9. The van der Waals surface area contributed by atoms with Crippen LogP contribution >= 0.6 is 7.82 Å². The number of phosphoric ester groups is 1. The molecule has 190 valence electrons. The van der Waals surface area contributed by atoms with Crippen molar-refractivity contribution in [3.63, 3.8) is 0 Å². The van der Waals surface area contributed by atoms with Gasteiger partial charge in [0, 0.05) is 12.8 Å². The summed E-state index contributed by atoms with van der Waals surface area (Å²) >= 11 is 0. The van der Waals surface area contributed by atoms with Crippen LogP contribution in [0.15, 0.2) is 0 Å². The lowest BCUT2D eigenvalue weighted by molar-refractivity contribution is -0.870. The highest BCUT2D eigenvalue weighted by Gasteiger charge is 2.26. The van der Waals surface area contributed by atoms with E-state index in [1.165, 1.54) is 0 Å². The molecule has 2 atom stereocenters. The summed E-state index contributed by atoms with van der Waals surface area (Å²) in [6.45, 7) is 4.09. The lowest BCUT2D eigenvalue weighted by Gasteiger charge is -2.24. The van der Waals surface area contributed by atoms with Crippen molar-refractivity contribution >= 4 is 19.8 Å². The van der Waals surface area contributed by atoms with Crippen LogP contribution in [0.4, 0.5) is 0 Å². The van der Waals surface area contributed by atoms with Gasteiger partial charge in [-0.1, -0.05) is 52.4 Å². The Balaban J connectivity index is 4.63. The molecule has 0 aliphatic heterocycles. The van der Waals surface area contributed by atoms with Crippen LogP contribution in [-0.2, 0) is 32.7 Å². The third-order valence-corrected chi connectivity index (χ3v) is 5.62. The zero-order chi connectivity index (χ0) is 24.5. The van der Waals surface area contributed by atoms with Crippen LogP contribution < -0.4 is 0 Å². The van der Waals surface area contributed by atoms with Gasteiger partial charge < -0.3 is 18.9 Å². The molecule has 10 heteroatoms. The quantitative estimate of drug-likeness (QED) is 0.119. The number of rotatable bonds is 20. The molecule has 32 heavy (non-hydrogen) atoms. The third-order valence-electron chi connectivity index (χ3n) is 4.64. The van der Waals surface area contributed by atoms with Crippen LogP contribution in [0.25, 0.3) is 0 Å². The Morgan fingerprint density at radius 2 is 1.41 bits per heavy atom. The van der Waals surface area contributed by atoms with Crippen molar-refractivity contribution in [1.82, 2.24) is 0 Å². The average Bonchev–Trinajstić information content (AvgIpc) is 2.69. The molecule has 1 N–H and O–H groups in total. The molecule has 0 fully saturated rings. The summed E-state index contributed by atoms with van der Waals surface area (Å²) in [6.07, 6.45) is 7.06. The lowest BCUT2D eigenvalue weighted by atomic mass is 10.1. The first-order valence-electron chi connectivity index (χ1n) is 11.8. The second-order valence-corrected chi connectivity index (χ2v) is 10.5. The topological polar surface area (TPSA) is 108 Å². The fourth-order valence-electron chi connectivity index (χ4n) is 2.66. The molecule has 0 aromatic rings. The highest BCUT2D eigenvalue weighted by molar-refractivity contribution is 7.47. The van der Waals surface area contributed by atoms with Crippen LogP contribution in [0.2, 0.25) is 0 Å². The monoisotopic (exact) mass is 482 g/mol. The second-order valence-electron chi connectivity index (χ2n) is 9.03. The number of quaternary nitrogens is 1. The molecule has 1 unspecified atom stereocenters.